The van der Waals surface area contributed by atoms with Crippen molar-refractivity contribution in [3.8, 4) is 0 Å². The van der Waals surface area contributed by atoms with Crippen molar-refractivity contribution in [2.75, 3.05) is 11.5 Å². The van der Waals surface area contributed by atoms with Crippen LogP contribution in [0.15, 0.2) is 59.2 Å². The summed E-state index contributed by atoms with van der Waals surface area (Å²) < 4.78 is 10.5. The molecule has 5 heteroatoms. The van der Waals surface area contributed by atoms with Crippen LogP contribution in [0.25, 0.3) is 10.8 Å². The summed E-state index contributed by atoms with van der Waals surface area (Å²) in [5.41, 5.74) is 1.57. The Morgan fingerprint density at radius 2 is 1.88 bits per heavy atom. The molecular formula is C21H21NO4. The monoisotopic (exact) mass is 351 g/mol. The molecule has 0 fully saturated rings. The number of fused-ring (bicyclic) bond motifs is 1. The molecule has 26 heavy (non-hydrogen) atoms. The molecule has 5 nitrogen and oxygen atoms in total. The smallest absolute Gasteiger partial charge is 0.328 e. The molecule has 0 saturated heterocycles. The first-order chi connectivity index (χ1) is 12.5. The van der Waals surface area contributed by atoms with Gasteiger partial charge in [-0.05, 0) is 43.9 Å². The maximum atomic E-state index is 13.2. The number of aryl methyl sites for hydroxylation is 1. The highest BCUT2D eigenvalue weighted by molar-refractivity contribution is 6.13. The van der Waals surface area contributed by atoms with Gasteiger partial charge in [0.1, 0.15) is 6.04 Å². The summed E-state index contributed by atoms with van der Waals surface area (Å²) in [6, 6.07) is 14.2. The number of anilines is 1. The molecule has 3 rings (SSSR count). The number of carbonyl (C=O) groups is 2. The lowest BCUT2D eigenvalue weighted by atomic mass is 10.0. The number of carbonyl (C=O) groups excluding carboxylic acids is 2. The minimum Gasteiger partial charge on any atom is -0.464 e. The van der Waals surface area contributed by atoms with E-state index in [4.69, 9.17) is 9.15 Å². The SMILES string of the molecule is CCOC(=O)[C@H](C)N(C(=O)c1ccco1)c1c(C)ccc2ccccc12. The van der Waals surface area contributed by atoms with E-state index in [1.54, 1.807) is 26.0 Å². The first-order valence-corrected chi connectivity index (χ1v) is 8.56. The summed E-state index contributed by atoms with van der Waals surface area (Å²) in [6.07, 6.45) is 1.44. The zero-order valence-corrected chi connectivity index (χ0v) is 15.1. The summed E-state index contributed by atoms with van der Waals surface area (Å²) in [6.45, 7) is 5.58. The molecule has 0 spiro atoms. The quantitative estimate of drug-likeness (QED) is 0.642. The number of rotatable bonds is 5. The molecule has 1 atom stereocenters. The van der Waals surface area contributed by atoms with Gasteiger partial charge in [-0.3, -0.25) is 9.69 Å². The molecule has 134 valence electrons. The highest BCUT2D eigenvalue weighted by Crippen LogP contribution is 2.33. The van der Waals surface area contributed by atoms with Crippen LogP contribution in [0.3, 0.4) is 0 Å². The van der Waals surface area contributed by atoms with Crippen LogP contribution < -0.4 is 4.90 Å². The van der Waals surface area contributed by atoms with E-state index in [1.165, 1.54) is 11.2 Å². The fraction of sp³-hybridized carbons (Fsp3) is 0.238. The van der Waals surface area contributed by atoms with Crippen LogP contribution in [0.2, 0.25) is 0 Å². The summed E-state index contributed by atoms with van der Waals surface area (Å²) in [5.74, 6) is -0.664. The van der Waals surface area contributed by atoms with E-state index >= 15 is 0 Å². The van der Waals surface area contributed by atoms with Crippen molar-refractivity contribution >= 4 is 28.3 Å². The standard InChI is InChI=1S/C21H21NO4/c1-4-25-21(24)15(3)22(20(23)18-10-7-13-26-18)19-14(2)11-12-16-8-5-6-9-17(16)19/h5-13,15H,4H2,1-3H3/t15-/m0/s1. The molecule has 2 aromatic carbocycles. The van der Waals surface area contributed by atoms with E-state index in [-0.39, 0.29) is 18.3 Å². The van der Waals surface area contributed by atoms with Gasteiger partial charge in [0.05, 0.1) is 18.6 Å². The zero-order chi connectivity index (χ0) is 18.7. The molecule has 1 heterocycles. The lowest BCUT2D eigenvalue weighted by molar-refractivity contribution is -0.144. The van der Waals surface area contributed by atoms with Crippen LogP contribution in [0.5, 0.6) is 0 Å². The minimum atomic E-state index is -0.794. The van der Waals surface area contributed by atoms with Gasteiger partial charge in [0.25, 0.3) is 5.91 Å². The third kappa shape index (κ3) is 3.20. The Balaban J connectivity index is 2.19. The van der Waals surface area contributed by atoms with Crippen molar-refractivity contribution in [1.29, 1.82) is 0 Å². The van der Waals surface area contributed by atoms with Crippen molar-refractivity contribution in [1.82, 2.24) is 0 Å². The predicted octanol–water partition coefficient (Wildman–Crippen LogP) is 4.34. The fourth-order valence-electron chi connectivity index (χ4n) is 3.04. The van der Waals surface area contributed by atoms with Crippen LogP contribution in [-0.4, -0.2) is 24.5 Å². The van der Waals surface area contributed by atoms with Gasteiger partial charge >= 0.3 is 5.97 Å². The van der Waals surface area contributed by atoms with Gasteiger partial charge in [-0.1, -0.05) is 36.4 Å². The van der Waals surface area contributed by atoms with E-state index in [2.05, 4.69) is 0 Å². The molecule has 0 aliphatic rings. The molecular weight excluding hydrogens is 330 g/mol. The average Bonchev–Trinajstić information content (AvgIpc) is 3.18. The minimum absolute atomic E-state index is 0.175. The number of ether oxygens (including phenoxy) is 1. The summed E-state index contributed by atoms with van der Waals surface area (Å²) >= 11 is 0. The van der Waals surface area contributed by atoms with Crippen LogP contribution in [0, 0.1) is 6.92 Å². The Bertz CT molecular complexity index is 930. The second-order valence-electron chi connectivity index (χ2n) is 6.03. The summed E-state index contributed by atoms with van der Waals surface area (Å²) in [5, 5.41) is 1.88. The van der Waals surface area contributed by atoms with Crippen molar-refractivity contribution in [2.24, 2.45) is 0 Å². The number of furan rings is 1. The molecule has 0 N–H and O–H groups in total. The Kier molecular flexibility index (Phi) is 5.07. The van der Waals surface area contributed by atoms with Crippen LogP contribution in [0.4, 0.5) is 5.69 Å². The van der Waals surface area contributed by atoms with E-state index in [9.17, 15) is 9.59 Å². The van der Waals surface area contributed by atoms with Gasteiger partial charge in [-0.15, -0.1) is 0 Å². The maximum Gasteiger partial charge on any atom is 0.328 e. The van der Waals surface area contributed by atoms with Gasteiger partial charge in [-0.25, -0.2) is 4.79 Å². The van der Waals surface area contributed by atoms with E-state index in [1.807, 2.05) is 43.3 Å². The number of amides is 1. The first kappa shape index (κ1) is 17.7. The fourth-order valence-corrected chi connectivity index (χ4v) is 3.04. The molecule has 0 aliphatic heterocycles. The van der Waals surface area contributed by atoms with Crippen molar-refractivity contribution in [3.63, 3.8) is 0 Å². The lowest BCUT2D eigenvalue weighted by Crippen LogP contribution is -2.44. The highest BCUT2D eigenvalue weighted by atomic mass is 16.5. The number of hydrogen-bond acceptors (Lipinski definition) is 4. The highest BCUT2D eigenvalue weighted by Gasteiger charge is 2.32. The van der Waals surface area contributed by atoms with Crippen LogP contribution in [-0.2, 0) is 9.53 Å². The Labute approximate surface area is 152 Å². The van der Waals surface area contributed by atoms with Gasteiger partial charge in [0.2, 0.25) is 0 Å². The van der Waals surface area contributed by atoms with Crippen LogP contribution in [0.1, 0.15) is 30.0 Å². The van der Waals surface area contributed by atoms with Crippen molar-refractivity contribution in [3.05, 3.63) is 66.1 Å². The van der Waals surface area contributed by atoms with E-state index in [0.29, 0.717) is 5.69 Å². The molecule has 0 aliphatic carbocycles. The van der Waals surface area contributed by atoms with Crippen LogP contribution >= 0.6 is 0 Å². The summed E-state index contributed by atoms with van der Waals surface area (Å²) in [4.78, 5) is 27.1. The average molecular weight is 351 g/mol. The van der Waals surface area contributed by atoms with E-state index in [0.717, 1.165) is 16.3 Å². The molecule has 1 aromatic heterocycles. The topological polar surface area (TPSA) is 59.8 Å². The largest absolute Gasteiger partial charge is 0.464 e. The predicted molar refractivity (Wildman–Crippen MR) is 100 cm³/mol. The van der Waals surface area contributed by atoms with Gasteiger partial charge in [-0.2, -0.15) is 0 Å². The molecule has 0 unspecified atom stereocenters. The normalized spacial score (nSPS) is 12.0. The Morgan fingerprint density at radius 3 is 2.58 bits per heavy atom. The molecule has 1 amide bonds. The Morgan fingerprint density at radius 1 is 1.12 bits per heavy atom. The second-order valence-corrected chi connectivity index (χ2v) is 6.03. The molecule has 3 aromatic rings. The van der Waals surface area contributed by atoms with Gasteiger partial charge < -0.3 is 9.15 Å². The first-order valence-electron chi connectivity index (χ1n) is 8.56. The third-order valence-electron chi connectivity index (χ3n) is 4.31. The van der Waals surface area contributed by atoms with Crippen molar-refractivity contribution in [2.45, 2.75) is 26.8 Å². The molecule has 0 bridgehead atoms. The van der Waals surface area contributed by atoms with E-state index < -0.39 is 12.0 Å². The lowest BCUT2D eigenvalue weighted by Gasteiger charge is -2.29. The van der Waals surface area contributed by atoms with Gasteiger partial charge in [0, 0.05) is 5.39 Å². The third-order valence-corrected chi connectivity index (χ3v) is 4.31. The maximum absolute atomic E-state index is 13.2. The van der Waals surface area contributed by atoms with Gasteiger partial charge in [0.15, 0.2) is 5.76 Å². The number of esters is 1. The number of benzene rings is 2. The van der Waals surface area contributed by atoms with Crippen molar-refractivity contribution < 1.29 is 18.7 Å². The molecule has 0 radical (unpaired) electrons. The molecule has 0 saturated carbocycles. The number of nitrogens with zero attached hydrogens (tertiary/aromatic N) is 1. The zero-order valence-electron chi connectivity index (χ0n) is 15.1. The number of hydrogen-bond donors (Lipinski definition) is 0. The summed E-state index contributed by atoms with van der Waals surface area (Å²) in [7, 11) is 0. The Hall–Kier alpha value is -3.08. The second kappa shape index (κ2) is 7.44.